The number of hydrogen-bond donors (Lipinski definition) is 2. The first-order chi connectivity index (χ1) is 8.67. The number of aliphatic hydroxyl groups excluding tert-OH is 1. The van der Waals surface area contributed by atoms with E-state index >= 15 is 0 Å². The smallest absolute Gasteiger partial charge is 0.307 e. The molecule has 2 atom stereocenters. The lowest BCUT2D eigenvalue weighted by molar-refractivity contribution is -0.143. The fourth-order valence-corrected chi connectivity index (χ4v) is 1.81. The van der Waals surface area contributed by atoms with E-state index in [1.165, 1.54) is 0 Å². The first-order valence-corrected chi connectivity index (χ1v) is 6.24. The number of esters is 1. The van der Waals surface area contributed by atoms with Gasteiger partial charge in [0.15, 0.2) is 0 Å². The number of nitrogens with one attached hydrogen (secondary N) is 1. The Kier molecular flexibility index (Phi) is 6.39. The molecule has 0 radical (unpaired) electrons. The van der Waals surface area contributed by atoms with Crippen molar-refractivity contribution in [3.05, 3.63) is 35.9 Å². The van der Waals surface area contributed by atoms with Gasteiger partial charge in [-0.1, -0.05) is 30.3 Å². The SMILES string of the molecule is CCOC(=O)CC(C)NC(CO)c1ccccc1. The molecule has 0 aromatic heterocycles. The van der Waals surface area contributed by atoms with Crippen molar-refractivity contribution in [1.29, 1.82) is 0 Å². The molecule has 1 aromatic rings. The van der Waals surface area contributed by atoms with Crippen LogP contribution in [-0.2, 0) is 9.53 Å². The fraction of sp³-hybridized carbons (Fsp3) is 0.500. The Morgan fingerprint density at radius 2 is 2.06 bits per heavy atom. The average Bonchev–Trinajstić information content (AvgIpc) is 2.37. The van der Waals surface area contributed by atoms with Gasteiger partial charge < -0.3 is 15.2 Å². The minimum Gasteiger partial charge on any atom is -0.466 e. The van der Waals surface area contributed by atoms with E-state index in [0.29, 0.717) is 13.0 Å². The Morgan fingerprint density at radius 1 is 1.39 bits per heavy atom. The lowest BCUT2D eigenvalue weighted by atomic mass is 10.1. The number of benzene rings is 1. The van der Waals surface area contributed by atoms with Crippen LogP contribution >= 0.6 is 0 Å². The number of hydrogen-bond acceptors (Lipinski definition) is 4. The predicted octanol–water partition coefficient (Wildman–Crippen LogP) is 1.65. The number of aliphatic hydroxyl groups is 1. The lowest BCUT2D eigenvalue weighted by Gasteiger charge is -2.21. The molecular formula is C14H21NO3. The molecule has 0 saturated heterocycles. The molecule has 1 aromatic carbocycles. The molecule has 1 rings (SSSR count). The summed E-state index contributed by atoms with van der Waals surface area (Å²) in [6.07, 6.45) is 0.303. The summed E-state index contributed by atoms with van der Waals surface area (Å²) in [6.45, 7) is 4.09. The first-order valence-electron chi connectivity index (χ1n) is 6.24. The van der Waals surface area contributed by atoms with Crippen LogP contribution in [0.5, 0.6) is 0 Å². The molecule has 0 fully saturated rings. The van der Waals surface area contributed by atoms with Gasteiger partial charge in [-0.3, -0.25) is 4.79 Å². The maximum absolute atomic E-state index is 11.3. The maximum atomic E-state index is 11.3. The van der Waals surface area contributed by atoms with Gasteiger partial charge in [0.05, 0.1) is 25.7 Å². The molecule has 100 valence electrons. The molecule has 0 aliphatic carbocycles. The fourth-order valence-electron chi connectivity index (χ4n) is 1.81. The molecule has 0 aliphatic rings. The van der Waals surface area contributed by atoms with Crippen LogP contribution in [0.1, 0.15) is 31.9 Å². The van der Waals surface area contributed by atoms with E-state index in [1.807, 2.05) is 37.3 Å². The highest BCUT2D eigenvalue weighted by Gasteiger charge is 2.15. The van der Waals surface area contributed by atoms with E-state index < -0.39 is 0 Å². The maximum Gasteiger partial charge on any atom is 0.307 e. The largest absolute Gasteiger partial charge is 0.466 e. The summed E-state index contributed by atoms with van der Waals surface area (Å²) in [7, 11) is 0. The molecule has 0 saturated carbocycles. The van der Waals surface area contributed by atoms with Crippen LogP contribution in [-0.4, -0.2) is 30.3 Å². The van der Waals surface area contributed by atoms with Gasteiger partial charge in [-0.05, 0) is 19.4 Å². The van der Waals surface area contributed by atoms with E-state index in [2.05, 4.69) is 5.32 Å². The van der Waals surface area contributed by atoms with Gasteiger partial charge in [0.2, 0.25) is 0 Å². The van der Waals surface area contributed by atoms with Crippen LogP contribution < -0.4 is 5.32 Å². The van der Waals surface area contributed by atoms with Gasteiger partial charge in [-0.25, -0.2) is 0 Å². The van der Waals surface area contributed by atoms with Crippen molar-refractivity contribution in [2.45, 2.75) is 32.4 Å². The van der Waals surface area contributed by atoms with Crippen molar-refractivity contribution in [2.24, 2.45) is 0 Å². The van der Waals surface area contributed by atoms with Crippen molar-refractivity contribution in [3.8, 4) is 0 Å². The Bertz CT molecular complexity index is 353. The molecular weight excluding hydrogens is 230 g/mol. The summed E-state index contributed by atoms with van der Waals surface area (Å²) >= 11 is 0. The Morgan fingerprint density at radius 3 is 2.61 bits per heavy atom. The summed E-state index contributed by atoms with van der Waals surface area (Å²) in [4.78, 5) is 11.3. The van der Waals surface area contributed by atoms with Crippen molar-refractivity contribution in [2.75, 3.05) is 13.2 Å². The summed E-state index contributed by atoms with van der Waals surface area (Å²) in [5, 5.41) is 12.6. The number of ether oxygens (including phenoxy) is 1. The van der Waals surface area contributed by atoms with Crippen molar-refractivity contribution < 1.29 is 14.6 Å². The second-order valence-electron chi connectivity index (χ2n) is 4.22. The quantitative estimate of drug-likeness (QED) is 0.723. The van der Waals surface area contributed by atoms with E-state index in [1.54, 1.807) is 6.92 Å². The number of rotatable bonds is 7. The third kappa shape index (κ3) is 4.85. The van der Waals surface area contributed by atoms with Crippen LogP contribution in [0.2, 0.25) is 0 Å². The number of carbonyl (C=O) groups excluding carboxylic acids is 1. The normalized spacial score (nSPS) is 13.9. The molecule has 4 heteroatoms. The Hall–Kier alpha value is -1.39. The molecule has 0 amide bonds. The molecule has 4 nitrogen and oxygen atoms in total. The molecule has 18 heavy (non-hydrogen) atoms. The zero-order valence-electron chi connectivity index (χ0n) is 10.9. The van der Waals surface area contributed by atoms with E-state index in [-0.39, 0.29) is 24.7 Å². The van der Waals surface area contributed by atoms with Crippen LogP contribution in [0.25, 0.3) is 0 Å². The standard InChI is InChI=1S/C14H21NO3/c1-3-18-14(17)9-11(2)15-13(10-16)12-7-5-4-6-8-12/h4-8,11,13,15-16H,3,9-10H2,1-2H3. The number of carbonyl (C=O) groups is 1. The van der Waals surface area contributed by atoms with Crippen LogP contribution in [0.15, 0.2) is 30.3 Å². The van der Waals surface area contributed by atoms with Crippen molar-refractivity contribution >= 4 is 5.97 Å². The van der Waals surface area contributed by atoms with E-state index in [9.17, 15) is 9.90 Å². The summed E-state index contributed by atoms with van der Waals surface area (Å²) in [6, 6.07) is 9.48. The monoisotopic (exact) mass is 251 g/mol. The lowest BCUT2D eigenvalue weighted by Crippen LogP contribution is -2.34. The van der Waals surface area contributed by atoms with Gasteiger partial charge in [0.25, 0.3) is 0 Å². The zero-order valence-corrected chi connectivity index (χ0v) is 10.9. The third-order valence-corrected chi connectivity index (χ3v) is 2.65. The van der Waals surface area contributed by atoms with E-state index in [4.69, 9.17) is 4.74 Å². The predicted molar refractivity (Wildman–Crippen MR) is 70.1 cm³/mol. The molecule has 2 unspecified atom stereocenters. The molecule has 2 N–H and O–H groups in total. The van der Waals surface area contributed by atoms with Crippen molar-refractivity contribution in [1.82, 2.24) is 5.32 Å². The third-order valence-electron chi connectivity index (χ3n) is 2.65. The molecule has 0 heterocycles. The van der Waals surface area contributed by atoms with Crippen LogP contribution in [0.3, 0.4) is 0 Å². The first kappa shape index (κ1) is 14.7. The van der Waals surface area contributed by atoms with E-state index in [0.717, 1.165) is 5.56 Å². The average molecular weight is 251 g/mol. The highest BCUT2D eigenvalue weighted by atomic mass is 16.5. The topological polar surface area (TPSA) is 58.6 Å². The van der Waals surface area contributed by atoms with Crippen LogP contribution in [0.4, 0.5) is 0 Å². The van der Waals surface area contributed by atoms with Crippen LogP contribution in [0, 0.1) is 0 Å². The molecule has 0 aliphatic heterocycles. The minimum absolute atomic E-state index is 0.00280. The van der Waals surface area contributed by atoms with Crippen molar-refractivity contribution in [3.63, 3.8) is 0 Å². The van der Waals surface area contributed by atoms with Gasteiger partial charge in [-0.15, -0.1) is 0 Å². The highest BCUT2D eigenvalue weighted by Crippen LogP contribution is 2.13. The second kappa shape index (κ2) is 7.84. The van der Waals surface area contributed by atoms with Gasteiger partial charge in [0.1, 0.15) is 0 Å². The molecule has 0 spiro atoms. The van der Waals surface area contributed by atoms with Gasteiger partial charge >= 0.3 is 5.97 Å². The van der Waals surface area contributed by atoms with Gasteiger partial charge in [0, 0.05) is 6.04 Å². The minimum atomic E-state index is -0.220. The Balaban J connectivity index is 2.51. The zero-order chi connectivity index (χ0) is 13.4. The summed E-state index contributed by atoms with van der Waals surface area (Å²) in [5.41, 5.74) is 1.01. The Labute approximate surface area is 108 Å². The van der Waals surface area contributed by atoms with Gasteiger partial charge in [-0.2, -0.15) is 0 Å². The summed E-state index contributed by atoms with van der Waals surface area (Å²) < 4.78 is 4.89. The highest BCUT2D eigenvalue weighted by molar-refractivity contribution is 5.70. The second-order valence-corrected chi connectivity index (χ2v) is 4.22. The summed E-state index contributed by atoms with van der Waals surface area (Å²) in [5.74, 6) is -0.220. The molecule has 0 bridgehead atoms.